The molecule has 0 radical (unpaired) electrons. The number of para-hydroxylation sites is 1. The van der Waals surface area contributed by atoms with Crippen LogP contribution < -0.4 is 15.6 Å². The molecule has 3 aromatic rings. The number of hydrogen-bond acceptors (Lipinski definition) is 5. The van der Waals surface area contributed by atoms with E-state index in [2.05, 4.69) is 34.9 Å². The van der Waals surface area contributed by atoms with Crippen molar-refractivity contribution in [2.45, 2.75) is 46.6 Å². The molecule has 7 nitrogen and oxygen atoms in total. The summed E-state index contributed by atoms with van der Waals surface area (Å²) in [5.41, 5.74) is 8.17. The summed E-state index contributed by atoms with van der Waals surface area (Å²) in [5, 5.41) is 8.52. The smallest absolute Gasteiger partial charge is 0.290 e. The van der Waals surface area contributed by atoms with Gasteiger partial charge in [0.1, 0.15) is 5.75 Å². The molecular weight excluding hydrogens is 416 g/mol. The zero-order chi connectivity index (χ0) is 23.8. The van der Waals surface area contributed by atoms with Gasteiger partial charge < -0.3 is 4.74 Å². The van der Waals surface area contributed by atoms with Gasteiger partial charge in [-0.1, -0.05) is 56.3 Å². The van der Waals surface area contributed by atoms with Gasteiger partial charge in [0.2, 0.25) is 5.91 Å². The lowest BCUT2D eigenvalue weighted by Gasteiger charge is -2.16. The molecule has 0 saturated carbocycles. The maximum Gasteiger partial charge on any atom is 0.290 e. The lowest BCUT2D eigenvalue weighted by atomic mass is 9.99. The van der Waals surface area contributed by atoms with Gasteiger partial charge in [-0.25, -0.2) is 0 Å². The molecule has 0 saturated heterocycles. The minimum absolute atomic E-state index is 0.0128. The Kier molecular flexibility index (Phi) is 8.13. The summed E-state index contributed by atoms with van der Waals surface area (Å²) in [7, 11) is 0. The topological polar surface area (TPSA) is 93.2 Å². The largest absolute Gasteiger partial charge is 0.490 e. The van der Waals surface area contributed by atoms with Crippen LogP contribution in [0.3, 0.4) is 0 Å². The van der Waals surface area contributed by atoms with Crippen LogP contribution in [0.4, 0.5) is 0 Å². The molecule has 0 atom stereocenters. The van der Waals surface area contributed by atoms with Gasteiger partial charge in [0.15, 0.2) is 5.69 Å². The second-order valence-electron chi connectivity index (χ2n) is 8.53. The molecule has 172 valence electrons. The second kappa shape index (κ2) is 11.2. The predicted octanol–water partition coefficient (Wildman–Crippen LogP) is 4.13. The Labute approximate surface area is 194 Å². The molecule has 33 heavy (non-hydrogen) atoms. The summed E-state index contributed by atoms with van der Waals surface area (Å²) < 4.78 is 5.92. The van der Waals surface area contributed by atoms with Crippen LogP contribution in [0.25, 0.3) is 11.3 Å². The molecule has 0 unspecified atom stereocenters. The van der Waals surface area contributed by atoms with E-state index in [9.17, 15) is 9.59 Å². The lowest BCUT2D eigenvalue weighted by Crippen LogP contribution is -2.43. The second-order valence-corrected chi connectivity index (χ2v) is 8.53. The van der Waals surface area contributed by atoms with E-state index in [1.807, 2.05) is 74.5 Å². The fraction of sp³-hybridized carbons (Fsp3) is 0.308. The first kappa shape index (κ1) is 23.9. The molecule has 3 rings (SSSR count). The van der Waals surface area contributed by atoms with Crippen LogP contribution in [0, 0.1) is 5.92 Å². The van der Waals surface area contributed by atoms with Crippen LogP contribution in [0.15, 0.2) is 60.7 Å². The average Bonchev–Trinajstić information content (AvgIpc) is 2.78. The van der Waals surface area contributed by atoms with Crippen molar-refractivity contribution in [3.05, 3.63) is 77.5 Å². The highest BCUT2D eigenvalue weighted by Gasteiger charge is 2.19. The Hall–Kier alpha value is -3.74. The molecule has 0 aliphatic carbocycles. The summed E-state index contributed by atoms with van der Waals surface area (Å²) in [5.74, 6) is 0.188. The van der Waals surface area contributed by atoms with E-state index in [4.69, 9.17) is 4.74 Å². The van der Waals surface area contributed by atoms with Crippen molar-refractivity contribution in [3.8, 4) is 17.0 Å². The first-order chi connectivity index (χ1) is 15.8. The zero-order valence-electron chi connectivity index (χ0n) is 19.5. The van der Waals surface area contributed by atoms with Gasteiger partial charge >= 0.3 is 0 Å². The van der Waals surface area contributed by atoms with Gasteiger partial charge in [0.05, 0.1) is 18.2 Å². The number of benzene rings is 2. The van der Waals surface area contributed by atoms with E-state index in [0.29, 0.717) is 23.8 Å². The summed E-state index contributed by atoms with van der Waals surface area (Å²) >= 11 is 0. The van der Waals surface area contributed by atoms with Gasteiger partial charge in [0.25, 0.3) is 5.91 Å². The highest BCUT2D eigenvalue weighted by molar-refractivity contribution is 5.95. The average molecular weight is 447 g/mol. The van der Waals surface area contributed by atoms with Crippen LogP contribution >= 0.6 is 0 Å². The Balaban J connectivity index is 1.79. The maximum atomic E-state index is 12.8. The van der Waals surface area contributed by atoms with Crippen LogP contribution in [0.2, 0.25) is 0 Å². The number of rotatable bonds is 8. The number of carbonyl (C=O) groups is 2. The molecule has 0 bridgehead atoms. The third-order valence-electron chi connectivity index (χ3n) is 4.76. The number of amides is 2. The standard InChI is InChI=1S/C26H30N4O3/c1-17(2)14-20-16-22(21-12-8-9-13-23(21)33-18(3)4)27-29-25(20)26(32)30-28-24(31)15-19-10-6-5-7-11-19/h5-13,16-18H,14-15H2,1-4H3,(H,28,31)(H,30,32). The molecule has 0 fully saturated rings. The number of nitrogens with one attached hydrogen (secondary N) is 2. The zero-order valence-corrected chi connectivity index (χ0v) is 19.5. The molecule has 7 heteroatoms. The SMILES string of the molecule is CC(C)Cc1cc(-c2ccccc2OC(C)C)nnc1C(=O)NNC(=O)Cc1ccccc1. The summed E-state index contributed by atoms with van der Waals surface area (Å²) in [6.45, 7) is 8.07. The van der Waals surface area contributed by atoms with Crippen molar-refractivity contribution < 1.29 is 14.3 Å². The van der Waals surface area contributed by atoms with Crippen LogP contribution in [0.5, 0.6) is 5.75 Å². The van der Waals surface area contributed by atoms with Crippen LogP contribution in [-0.4, -0.2) is 28.1 Å². The monoisotopic (exact) mass is 446 g/mol. The van der Waals surface area contributed by atoms with Crippen LogP contribution in [-0.2, 0) is 17.6 Å². The summed E-state index contributed by atoms with van der Waals surface area (Å²) in [6, 6.07) is 18.8. The highest BCUT2D eigenvalue weighted by Crippen LogP contribution is 2.30. The summed E-state index contributed by atoms with van der Waals surface area (Å²) in [6.07, 6.45) is 0.812. The number of carbonyl (C=O) groups excluding carboxylic acids is 2. The fourth-order valence-corrected chi connectivity index (χ4v) is 3.39. The van der Waals surface area contributed by atoms with E-state index >= 15 is 0 Å². The number of hydrazine groups is 1. The minimum atomic E-state index is -0.502. The third-order valence-corrected chi connectivity index (χ3v) is 4.76. The first-order valence-corrected chi connectivity index (χ1v) is 11.1. The van der Waals surface area contributed by atoms with Crippen molar-refractivity contribution in [1.29, 1.82) is 0 Å². The van der Waals surface area contributed by atoms with E-state index in [1.165, 1.54) is 0 Å². The fourth-order valence-electron chi connectivity index (χ4n) is 3.39. The van der Waals surface area contributed by atoms with Gasteiger partial charge in [0, 0.05) is 5.56 Å². The lowest BCUT2D eigenvalue weighted by molar-refractivity contribution is -0.121. The molecule has 0 spiro atoms. The van der Waals surface area contributed by atoms with E-state index in [1.54, 1.807) is 0 Å². The van der Waals surface area contributed by atoms with Crippen LogP contribution in [0.1, 0.15) is 49.3 Å². The number of hydrogen-bond donors (Lipinski definition) is 2. The van der Waals surface area contributed by atoms with Crippen molar-refractivity contribution in [2.75, 3.05) is 0 Å². The third kappa shape index (κ3) is 6.87. The molecule has 0 aliphatic rings. The minimum Gasteiger partial charge on any atom is -0.490 e. The van der Waals surface area contributed by atoms with Crippen molar-refractivity contribution in [2.24, 2.45) is 5.92 Å². The first-order valence-electron chi connectivity index (χ1n) is 11.1. The Morgan fingerprint density at radius 3 is 2.30 bits per heavy atom. The van der Waals surface area contributed by atoms with Gasteiger partial charge in [-0.2, -0.15) is 0 Å². The Morgan fingerprint density at radius 1 is 0.909 bits per heavy atom. The highest BCUT2D eigenvalue weighted by atomic mass is 16.5. The van der Waals surface area contributed by atoms with E-state index < -0.39 is 5.91 Å². The molecular formula is C26H30N4O3. The Morgan fingerprint density at radius 2 is 1.61 bits per heavy atom. The number of aromatic nitrogens is 2. The summed E-state index contributed by atoms with van der Waals surface area (Å²) in [4.78, 5) is 25.0. The van der Waals surface area contributed by atoms with Gasteiger partial charge in [-0.05, 0) is 55.5 Å². The normalized spacial score (nSPS) is 10.8. The maximum absolute atomic E-state index is 12.8. The van der Waals surface area contributed by atoms with Gasteiger partial charge in [-0.3, -0.25) is 20.4 Å². The molecule has 0 aliphatic heterocycles. The van der Waals surface area contributed by atoms with Gasteiger partial charge in [-0.15, -0.1) is 10.2 Å². The number of nitrogens with zero attached hydrogens (tertiary/aromatic N) is 2. The molecule has 2 aromatic carbocycles. The molecule has 2 N–H and O–H groups in total. The molecule has 1 aromatic heterocycles. The molecule has 2 amide bonds. The molecule has 1 heterocycles. The van der Waals surface area contributed by atoms with Crippen molar-refractivity contribution in [3.63, 3.8) is 0 Å². The van der Waals surface area contributed by atoms with E-state index in [0.717, 1.165) is 16.7 Å². The van der Waals surface area contributed by atoms with Crippen molar-refractivity contribution in [1.82, 2.24) is 21.0 Å². The van der Waals surface area contributed by atoms with Crippen molar-refractivity contribution >= 4 is 11.8 Å². The van der Waals surface area contributed by atoms with E-state index in [-0.39, 0.29) is 24.1 Å². The Bertz CT molecular complexity index is 1100. The number of ether oxygens (including phenoxy) is 1. The predicted molar refractivity (Wildman–Crippen MR) is 128 cm³/mol. The quantitative estimate of drug-likeness (QED) is 0.508.